The van der Waals surface area contributed by atoms with Gasteiger partial charge in [-0.05, 0) is 43.2 Å². The third-order valence-corrected chi connectivity index (χ3v) is 6.11. The van der Waals surface area contributed by atoms with Gasteiger partial charge in [0.1, 0.15) is 12.1 Å². The van der Waals surface area contributed by atoms with Crippen LogP contribution in [0.5, 0.6) is 0 Å². The van der Waals surface area contributed by atoms with E-state index in [1.54, 1.807) is 13.2 Å². The maximum Gasteiger partial charge on any atom is 0.268 e. The number of thioether (sulfide) groups is 1. The van der Waals surface area contributed by atoms with E-state index in [2.05, 4.69) is 0 Å². The van der Waals surface area contributed by atoms with Crippen LogP contribution < -0.4 is 4.74 Å². The highest BCUT2D eigenvalue weighted by molar-refractivity contribution is 7.99. The number of halogens is 2. The van der Waals surface area contributed by atoms with Crippen molar-refractivity contribution in [2.75, 3.05) is 19.5 Å². The van der Waals surface area contributed by atoms with E-state index in [4.69, 9.17) is 4.74 Å². The standard InChI is InChI=1S/C18H22F2O2S2.C3H6O/c1-12-13-10-14(19)16(11-15(13)24-18(21)17(12)20)23-9-7-5-3-4-6-8-22-2;1-2-3-4/h10-11H,3-9H2,1-2H3;3H,2H2,1H3. The van der Waals surface area contributed by atoms with Gasteiger partial charge in [0, 0.05) is 35.1 Å². The number of methoxy groups -OCH3 is 1. The van der Waals surface area contributed by atoms with Crippen LogP contribution in [0.2, 0.25) is 0 Å². The Morgan fingerprint density at radius 1 is 1.14 bits per heavy atom. The summed E-state index contributed by atoms with van der Waals surface area (Å²) in [7, 11) is 1.71. The Bertz CT molecular complexity index is 806. The first kappa shape index (κ1) is 24.7. The highest BCUT2D eigenvalue weighted by Gasteiger charge is 2.13. The lowest BCUT2D eigenvalue weighted by Gasteiger charge is -2.07. The van der Waals surface area contributed by atoms with Gasteiger partial charge < -0.3 is 9.53 Å². The maximum absolute atomic E-state index is 14.2. The summed E-state index contributed by atoms with van der Waals surface area (Å²) in [6, 6.07) is 3.02. The van der Waals surface area contributed by atoms with Crippen molar-refractivity contribution in [1.82, 2.24) is 0 Å². The molecule has 7 heteroatoms. The summed E-state index contributed by atoms with van der Waals surface area (Å²) >= 11 is 2.30. The van der Waals surface area contributed by atoms with Crippen molar-refractivity contribution in [2.24, 2.45) is 0 Å². The molecule has 0 spiro atoms. The molecule has 0 aliphatic heterocycles. The van der Waals surface area contributed by atoms with Crippen molar-refractivity contribution in [3.63, 3.8) is 0 Å². The van der Waals surface area contributed by atoms with Gasteiger partial charge in [-0.15, -0.1) is 11.8 Å². The first-order valence-corrected chi connectivity index (χ1v) is 11.2. The van der Waals surface area contributed by atoms with Gasteiger partial charge >= 0.3 is 0 Å². The molecule has 1 heterocycles. The predicted octanol–water partition coefficient (Wildman–Crippen LogP) is 6.13. The fourth-order valence-electron chi connectivity index (χ4n) is 2.50. The van der Waals surface area contributed by atoms with Crippen LogP contribution in [-0.4, -0.2) is 25.8 Å². The number of carbonyl (C=O) groups excluding carboxylic acids is 1. The molecule has 0 aliphatic rings. The van der Waals surface area contributed by atoms with Crippen LogP contribution in [-0.2, 0) is 9.53 Å². The predicted molar refractivity (Wildman–Crippen MR) is 115 cm³/mol. The second kappa shape index (κ2) is 13.8. The van der Waals surface area contributed by atoms with Gasteiger partial charge in [-0.2, -0.15) is 0 Å². The summed E-state index contributed by atoms with van der Waals surface area (Å²) < 4.78 is 32.9. The molecule has 0 bridgehead atoms. The minimum Gasteiger partial charge on any atom is -0.385 e. The van der Waals surface area contributed by atoms with Crippen molar-refractivity contribution >= 4 is 39.5 Å². The van der Waals surface area contributed by atoms with Gasteiger partial charge in [0.2, 0.25) is 0 Å². The summed E-state index contributed by atoms with van der Waals surface area (Å²) in [5.41, 5.74) is 0.222. The number of hydrogen-bond acceptors (Lipinski definition) is 5. The van der Waals surface area contributed by atoms with E-state index in [1.165, 1.54) is 24.8 Å². The number of carbonyl (C=O) groups is 1. The molecule has 0 aliphatic carbocycles. The Balaban J connectivity index is 0.000000892. The van der Waals surface area contributed by atoms with E-state index in [0.717, 1.165) is 62.1 Å². The number of rotatable bonds is 10. The van der Waals surface area contributed by atoms with E-state index >= 15 is 0 Å². The highest BCUT2D eigenvalue weighted by atomic mass is 32.2. The zero-order valence-corrected chi connectivity index (χ0v) is 18.3. The van der Waals surface area contributed by atoms with Crippen molar-refractivity contribution in [1.29, 1.82) is 0 Å². The van der Waals surface area contributed by atoms with Crippen LogP contribution in [0.4, 0.5) is 8.78 Å². The molecule has 2 aromatic rings. The molecule has 0 amide bonds. The van der Waals surface area contributed by atoms with Gasteiger partial charge in [-0.25, -0.2) is 8.78 Å². The van der Waals surface area contributed by atoms with Crippen LogP contribution in [0.15, 0.2) is 21.8 Å². The second-order valence-electron chi connectivity index (χ2n) is 6.29. The summed E-state index contributed by atoms with van der Waals surface area (Å²) in [4.78, 5) is 21.3. The average molecular weight is 431 g/mol. The van der Waals surface area contributed by atoms with E-state index in [9.17, 15) is 18.4 Å². The summed E-state index contributed by atoms with van der Waals surface area (Å²) in [5, 5.41) is 0.483. The Labute approximate surface area is 173 Å². The van der Waals surface area contributed by atoms with E-state index < -0.39 is 10.6 Å². The topological polar surface area (TPSA) is 43.4 Å². The number of aldehydes is 1. The van der Waals surface area contributed by atoms with Crippen molar-refractivity contribution < 1.29 is 18.3 Å². The van der Waals surface area contributed by atoms with Crippen LogP contribution in [0.1, 0.15) is 51.0 Å². The molecule has 3 nitrogen and oxygen atoms in total. The SMILES string of the molecule is CCC=O.COCCCCCCCSc1cc2sc(=O)c(F)c(C)c2cc1F. The van der Waals surface area contributed by atoms with Crippen LogP contribution in [0, 0.1) is 18.6 Å². The maximum atomic E-state index is 14.2. The normalized spacial score (nSPS) is 10.6. The van der Waals surface area contributed by atoms with Crippen LogP contribution in [0.25, 0.3) is 10.1 Å². The lowest BCUT2D eigenvalue weighted by Crippen LogP contribution is -2.03. The van der Waals surface area contributed by atoms with Crippen LogP contribution >= 0.6 is 23.1 Å². The zero-order chi connectivity index (χ0) is 20.9. The highest BCUT2D eigenvalue weighted by Crippen LogP contribution is 2.31. The van der Waals surface area contributed by atoms with Gasteiger partial charge in [-0.3, -0.25) is 4.79 Å². The minimum absolute atomic E-state index is 0.222. The largest absolute Gasteiger partial charge is 0.385 e. The van der Waals surface area contributed by atoms with Gasteiger partial charge in [0.15, 0.2) is 5.82 Å². The lowest BCUT2D eigenvalue weighted by molar-refractivity contribution is -0.107. The molecule has 28 heavy (non-hydrogen) atoms. The number of ether oxygens (including phenoxy) is 1. The number of unbranched alkanes of at least 4 members (excludes halogenated alkanes) is 4. The monoisotopic (exact) mass is 430 g/mol. The van der Waals surface area contributed by atoms with Gasteiger partial charge in [-0.1, -0.05) is 37.5 Å². The number of aryl methyl sites for hydroxylation is 1. The van der Waals surface area contributed by atoms with Crippen molar-refractivity contribution in [3.05, 3.63) is 38.9 Å². The van der Waals surface area contributed by atoms with Gasteiger partial charge in [0.25, 0.3) is 4.74 Å². The molecule has 0 saturated heterocycles. The molecule has 0 radical (unpaired) electrons. The number of hydrogen-bond donors (Lipinski definition) is 0. The van der Waals surface area contributed by atoms with Gasteiger partial charge in [0.05, 0.1) is 0 Å². The molecule has 0 atom stereocenters. The summed E-state index contributed by atoms with van der Waals surface area (Å²) in [5.74, 6) is -0.288. The van der Waals surface area contributed by atoms with Crippen LogP contribution in [0.3, 0.4) is 0 Å². The van der Waals surface area contributed by atoms with E-state index in [0.29, 0.717) is 21.4 Å². The summed E-state index contributed by atoms with van der Waals surface area (Å²) in [6.07, 6.45) is 7.04. The Morgan fingerprint density at radius 3 is 2.43 bits per heavy atom. The zero-order valence-electron chi connectivity index (χ0n) is 16.7. The molecular formula is C21H28F2O3S2. The molecular weight excluding hydrogens is 402 g/mol. The molecule has 0 N–H and O–H groups in total. The van der Waals surface area contributed by atoms with E-state index in [-0.39, 0.29) is 11.4 Å². The fourth-order valence-corrected chi connectivity index (χ4v) is 4.48. The third-order valence-electron chi connectivity index (χ3n) is 4.07. The summed E-state index contributed by atoms with van der Waals surface area (Å²) in [6.45, 7) is 4.13. The minimum atomic E-state index is -0.777. The lowest BCUT2D eigenvalue weighted by atomic mass is 10.1. The molecule has 0 fully saturated rings. The molecule has 0 unspecified atom stereocenters. The third kappa shape index (κ3) is 7.97. The smallest absolute Gasteiger partial charge is 0.268 e. The quantitative estimate of drug-likeness (QED) is 0.258. The van der Waals surface area contributed by atoms with E-state index in [1.807, 2.05) is 6.92 Å². The Hall–Kier alpha value is -1.31. The molecule has 0 saturated carbocycles. The first-order valence-electron chi connectivity index (χ1n) is 9.44. The molecule has 1 aromatic carbocycles. The van der Waals surface area contributed by atoms with Crippen molar-refractivity contribution in [3.8, 4) is 0 Å². The average Bonchev–Trinajstić information content (AvgIpc) is 2.69. The fraction of sp³-hybridized carbons (Fsp3) is 0.524. The Morgan fingerprint density at radius 2 is 1.79 bits per heavy atom. The Kier molecular flexibility index (Phi) is 12.2. The number of fused-ring (bicyclic) bond motifs is 1. The first-order chi connectivity index (χ1) is 13.5. The molecule has 156 valence electrons. The molecule has 1 aromatic heterocycles. The van der Waals surface area contributed by atoms with Crippen molar-refractivity contribution in [2.45, 2.75) is 57.3 Å². The number of benzene rings is 1. The molecule has 2 rings (SSSR count). The second-order valence-corrected chi connectivity index (χ2v) is 8.44.